The molecule has 0 aromatic carbocycles. The molecule has 2 heterocycles. The Bertz CT molecular complexity index is 712. The summed E-state index contributed by atoms with van der Waals surface area (Å²) in [5, 5.41) is 11.5. The van der Waals surface area contributed by atoms with Gasteiger partial charge in [0.05, 0.1) is 11.5 Å². The Labute approximate surface area is 158 Å². The molecule has 0 bridgehead atoms. The molecule has 9 heteroatoms. The zero-order chi connectivity index (χ0) is 20.0. The number of rotatable bonds is 7. The smallest absolute Gasteiger partial charge is 0.342 e. The van der Waals surface area contributed by atoms with E-state index in [-0.39, 0.29) is 35.5 Å². The van der Waals surface area contributed by atoms with Crippen LogP contribution in [0.2, 0.25) is 0 Å². The molecule has 1 fully saturated rings. The van der Waals surface area contributed by atoms with Crippen molar-refractivity contribution in [3.8, 4) is 5.88 Å². The number of piperidine rings is 1. The fraction of sp³-hybridized carbons (Fsp3) is 0.556. The van der Waals surface area contributed by atoms with Crippen LogP contribution in [0.1, 0.15) is 25.5 Å². The van der Waals surface area contributed by atoms with Crippen LogP contribution >= 0.6 is 0 Å². The molecule has 1 aliphatic heterocycles. The first-order valence-electron chi connectivity index (χ1n) is 8.88. The highest BCUT2D eigenvalue weighted by molar-refractivity contribution is 6.16. The van der Waals surface area contributed by atoms with Crippen LogP contribution in [0.15, 0.2) is 18.3 Å². The van der Waals surface area contributed by atoms with Gasteiger partial charge in [-0.3, -0.25) is 10.1 Å². The molecule has 27 heavy (non-hydrogen) atoms. The van der Waals surface area contributed by atoms with E-state index in [1.165, 1.54) is 18.3 Å². The Morgan fingerprint density at radius 1 is 1.41 bits per heavy atom. The molecule has 0 saturated carbocycles. The molecule has 148 valence electrons. The van der Waals surface area contributed by atoms with Gasteiger partial charge < -0.3 is 19.3 Å². The number of nitro groups is 1. The number of hydrogen-bond acceptors (Lipinski definition) is 8. The van der Waals surface area contributed by atoms with Crippen LogP contribution in [0.5, 0.6) is 5.88 Å². The lowest BCUT2D eigenvalue weighted by Crippen LogP contribution is -2.35. The van der Waals surface area contributed by atoms with E-state index in [0.29, 0.717) is 0 Å². The third-order valence-electron chi connectivity index (χ3n) is 4.14. The number of aromatic nitrogens is 1. The summed E-state index contributed by atoms with van der Waals surface area (Å²) in [5.74, 6) is -0.405. The summed E-state index contributed by atoms with van der Waals surface area (Å²) in [6, 6.07) is 2.79. The van der Waals surface area contributed by atoms with Crippen molar-refractivity contribution in [1.29, 1.82) is 0 Å². The first kappa shape index (κ1) is 20.6. The molecule has 0 radical (unpaired) electrons. The lowest BCUT2D eigenvalue weighted by Gasteiger charge is -2.29. The topological polar surface area (TPSA) is 98.0 Å². The van der Waals surface area contributed by atoms with Crippen molar-refractivity contribution < 1.29 is 19.2 Å². The molecule has 9 nitrogen and oxygen atoms in total. The average Bonchev–Trinajstić information content (AvgIpc) is 2.61. The molecule has 2 rings (SSSR count). The minimum absolute atomic E-state index is 0.00752. The number of carbonyl (C=O) groups is 1. The maximum Gasteiger partial charge on any atom is 0.342 e. The Morgan fingerprint density at radius 3 is 2.63 bits per heavy atom. The fourth-order valence-corrected chi connectivity index (χ4v) is 2.80. The van der Waals surface area contributed by atoms with E-state index in [9.17, 15) is 14.9 Å². The number of likely N-dealkylation sites (tertiary alicyclic amines) is 1. The third-order valence-corrected chi connectivity index (χ3v) is 4.14. The Balaban J connectivity index is 2.38. The second kappa shape index (κ2) is 9.31. The predicted octanol–water partition coefficient (Wildman–Crippen LogP) is 1.93. The van der Waals surface area contributed by atoms with E-state index in [4.69, 9.17) is 9.47 Å². The second-order valence-corrected chi connectivity index (χ2v) is 6.62. The highest BCUT2D eigenvalue weighted by atomic mass is 16.6. The highest BCUT2D eigenvalue weighted by Gasteiger charge is 2.27. The number of ether oxygens (including phenoxy) is 2. The monoisotopic (exact) mass is 378 g/mol. The molecule has 0 unspecified atom stereocenters. The van der Waals surface area contributed by atoms with Crippen molar-refractivity contribution in [2.24, 2.45) is 0 Å². The van der Waals surface area contributed by atoms with Gasteiger partial charge in [0.2, 0.25) is 5.88 Å². The molecule has 0 spiro atoms. The normalized spacial score (nSPS) is 16.1. The van der Waals surface area contributed by atoms with E-state index in [0.717, 1.165) is 25.9 Å². The first-order valence-corrected chi connectivity index (χ1v) is 8.88. The van der Waals surface area contributed by atoms with E-state index < -0.39 is 10.9 Å². The van der Waals surface area contributed by atoms with Gasteiger partial charge in [-0.25, -0.2) is 9.78 Å². The largest absolute Gasteiger partial charge is 0.474 e. The molecular weight excluding hydrogens is 352 g/mol. The summed E-state index contributed by atoms with van der Waals surface area (Å²) >= 11 is 0. The van der Waals surface area contributed by atoms with E-state index in [1.807, 2.05) is 0 Å². The van der Waals surface area contributed by atoms with Crippen LogP contribution in [0.3, 0.4) is 0 Å². The Morgan fingerprint density at radius 2 is 2.07 bits per heavy atom. The van der Waals surface area contributed by atoms with Crippen LogP contribution in [-0.2, 0) is 9.53 Å². The third kappa shape index (κ3) is 5.65. The number of nitrogens with zero attached hydrogens (tertiary/aromatic N) is 4. The van der Waals surface area contributed by atoms with Gasteiger partial charge in [-0.15, -0.1) is 0 Å². The summed E-state index contributed by atoms with van der Waals surface area (Å²) in [4.78, 5) is 31.4. The lowest BCUT2D eigenvalue weighted by atomic mass is 10.1. The molecular formula is C18H26N4O5. The van der Waals surface area contributed by atoms with Gasteiger partial charge in [0.1, 0.15) is 11.7 Å². The zero-order valence-corrected chi connectivity index (χ0v) is 16.2. The van der Waals surface area contributed by atoms with Gasteiger partial charge in [0, 0.05) is 45.5 Å². The molecule has 1 aromatic heterocycles. The summed E-state index contributed by atoms with van der Waals surface area (Å²) in [6.07, 6.45) is 3.16. The van der Waals surface area contributed by atoms with E-state index >= 15 is 0 Å². The van der Waals surface area contributed by atoms with E-state index in [2.05, 4.69) is 16.9 Å². The maximum absolute atomic E-state index is 12.4. The molecule has 0 aliphatic carbocycles. The zero-order valence-electron chi connectivity index (χ0n) is 16.2. The number of carbonyl (C=O) groups excluding carboxylic acids is 1. The van der Waals surface area contributed by atoms with Gasteiger partial charge in [-0.1, -0.05) is 0 Å². The van der Waals surface area contributed by atoms with Crippen molar-refractivity contribution in [3.05, 3.63) is 34.1 Å². The van der Waals surface area contributed by atoms with Crippen molar-refractivity contribution >= 4 is 17.2 Å². The lowest BCUT2D eigenvalue weighted by molar-refractivity contribution is -0.385. The SMILES string of the molecule is CCOC(=O)/C(=C/N(C)C)c1nc(OC2CCN(C)CC2)ccc1[N+](=O)[O-]. The van der Waals surface area contributed by atoms with Crippen LogP contribution in [0.25, 0.3) is 5.57 Å². The van der Waals surface area contributed by atoms with Crippen LogP contribution < -0.4 is 4.74 Å². The quantitative estimate of drug-likeness (QED) is 0.307. The van der Waals surface area contributed by atoms with Gasteiger partial charge in [-0.2, -0.15) is 0 Å². The molecule has 0 atom stereocenters. The Hall–Kier alpha value is -2.68. The predicted molar refractivity (Wildman–Crippen MR) is 100 cm³/mol. The molecule has 1 saturated heterocycles. The summed E-state index contributed by atoms with van der Waals surface area (Å²) in [7, 11) is 5.48. The van der Waals surface area contributed by atoms with Crippen LogP contribution in [0.4, 0.5) is 5.69 Å². The highest BCUT2D eigenvalue weighted by Crippen LogP contribution is 2.29. The summed E-state index contributed by atoms with van der Waals surface area (Å²) in [6.45, 7) is 3.66. The first-order chi connectivity index (χ1) is 12.8. The standard InChI is InChI=1S/C18H26N4O5/c1-5-26-18(23)14(12-20(2)3)17-15(22(24)25)6-7-16(19-17)27-13-8-10-21(4)11-9-13/h6-7,12-13H,5,8-11H2,1-4H3/b14-12+. The average molecular weight is 378 g/mol. The number of hydrogen-bond donors (Lipinski definition) is 0. The summed E-state index contributed by atoms with van der Waals surface area (Å²) < 4.78 is 11.0. The van der Waals surface area contributed by atoms with Gasteiger partial charge in [0.25, 0.3) is 5.69 Å². The van der Waals surface area contributed by atoms with E-state index in [1.54, 1.807) is 25.9 Å². The van der Waals surface area contributed by atoms with Gasteiger partial charge >= 0.3 is 5.97 Å². The molecule has 0 N–H and O–H groups in total. The van der Waals surface area contributed by atoms with Crippen molar-refractivity contribution in [1.82, 2.24) is 14.8 Å². The number of esters is 1. The van der Waals surface area contributed by atoms with Crippen molar-refractivity contribution in [2.45, 2.75) is 25.9 Å². The van der Waals surface area contributed by atoms with Crippen molar-refractivity contribution in [2.75, 3.05) is 40.8 Å². The minimum Gasteiger partial charge on any atom is -0.474 e. The van der Waals surface area contributed by atoms with Crippen molar-refractivity contribution in [3.63, 3.8) is 0 Å². The van der Waals surface area contributed by atoms with Crippen LogP contribution in [0, 0.1) is 10.1 Å². The Kier molecular flexibility index (Phi) is 7.12. The maximum atomic E-state index is 12.4. The second-order valence-electron chi connectivity index (χ2n) is 6.62. The molecule has 0 amide bonds. The molecule has 1 aliphatic rings. The fourth-order valence-electron chi connectivity index (χ4n) is 2.80. The van der Waals surface area contributed by atoms with Gasteiger partial charge in [0.15, 0.2) is 5.69 Å². The summed E-state index contributed by atoms with van der Waals surface area (Å²) in [5.41, 5.74) is -0.313. The minimum atomic E-state index is -0.668. The van der Waals surface area contributed by atoms with Gasteiger partial charge in [-0.05, 0) is 26.8 Å². The van der Waals surface area contributed by atoms with Crippen LogP contribution in [-0.4, -0.2) is 72.6 Å². The molecule has 1 aromatic rings. The number of pyridine rings is 1.